The van der Waals surface area contributed by atoms with E-state index in [0.717, 1.165) is 13.1 Å². The summed E-state index contributed by atoms with van der Waals surface area (Å²) in [5.74, 6) is -0.935. The van der Waals surface area contributed by atoms with E-state index in [-0.39, 0.29) is 41.0 Å². The van der Waals surface area contributed by atoms with Gasteiger partial charge in [0.25, 0.3) is 5.91 Å². The fraction of sp³-hybridized carbons (Fsp3) is 0.773. The van der Waals surface area contributed by atoms with Crippen LogP contribution in [0.5, 0.6) is 0 Å². The highest BCUT2D eigenvalue weighted by atomic mass is 32.2. The molecule has 0 radical (unpaired) electrons. The number of rotatable bonds is 6. The zero-order valence-corrected chi connectivity index (χ0v) is 20.2. The largest absolute Gasteiger partial charge is 0.367 e. The van der Waals surface area contributed by atoms with Crippen molar-refractivity contribution in [3.8, 4) is 0 Å². The van der Waals surface area contributed by atoms with Gasteiger partial charge in [0.15, 0.2) is 16.3 Å². The van der Waals surface area contributed by atoms with Crippen molar-refractivity contribution in [2.75, 3.05) is 26.2 Å². The summed E-state index contributed by atoms with van der Waals surface area (Å²) in [5.41, 5.74) is 4.10. The van der Waals surface area contributed by atoms with Crippen molar-refractivity contribution in [3.63, 3.8) is 0 Å². The van der Waals surface area contributed by atoms with Crippen LogP contribution in [0, 0.1) is 19.8 Å². The molecule has 1 aromatic heterocycles. The van der Waals surface area contributed by atoms with Crippen LogP contribution in [0.15, 0.2) is 9.42 Å². The molecule has 0 atom stereocenters. The van der Waals surface area contributed by atoms with Crippen molar-refractivity contribution in [1.29, 1.82) is 0 Å². The van der Waals surface area contributed by atoms with E-state index in [1.54, 1.807) is 0 Å². The van der Waals surface area contributed by atoms with Crippen LogP contribution >= 0.6 is 0 Å². The smallest absolute Gasteiger partial charge is 0.303 e. The van der Waals surface area contributed by atoms with Crippen molar-refractivity contribution in [2.24, 2.45) is 11.7 Å². The lowest BCUT2D eigenvalue weighted by Gasteiger charge is -2.41. The van der Waals surface area contributed by atoms with Gasteiger partial charge in [0.2, 0.25) is 5.91 Å². The summed E-state index contributed by atoms with van der Waals surface area (Å²) >= 11 is 0. The molecule has 2 heterocycles. The van der Waals surface area contributed by atoms with Gasteiger partial charge in [-0.1, -0.05) is 18.0 Å². The number of aryl methyl sites for hydroxylation is 2. The molecule has 1 aromatic rings. The van der Waals surface area contributed by atoms with Crippen LogP contribution in [0.25, 0.3) is 0 Å². The SMILES string of the molecule is Cc1noc(C)c1S(=O)(=O)OC1(C(N)=O)CCC(C(=O)N2CCN(C3CCCC3)CC2)CC1. The fourth-order valence-electron chi connectivity index (χ4n) is 5.62. The van der Waals surface area contributed by atoms with Gasteiger partial charge in [-0.3, -0.25) is 14.5 Å². The average molecular weight is 483 g/mol. The highest BCUT2D eigenvalue weighted by Gasteiger charge is 2.48. The van der Waals surface area contributed by atoms with E-state index in [2.05, 4.69) is 10.1 Å². The van der Waals surface area contributed by atoms with Gasteiger partial charge in [-0.15, -0.1) is 0 Å². The molecule has 2 N–H and O–H groups in total. The molecule has 4 rings (SSSR count). The Morgan fingerprint density at radius 2 is 1.67 bits per heavy atom. The van der Waals surface area contributed by atoms with Gasteiger partial charge in [0.1, 0.15) is 5.69 Å². The number of piperazine rings is 1. The molecular weight excluding hydrogens is 448 g/mol. The molecule has 0 bridgehead atoms. The third kappa shape index (κ3) is 4.81. The zero-order valence-electron chi connectivity index (χ0n) is 19.4. The highest BCUT2D eigenvalue weighted by Crippen LogP contribution is 2.39. The van der Waals surface area contributed by atoms with Gasteiger partial charge < -0.3 is 15.2 Å². The third-order valence-electron chi connectivity index (χ3n) is 7.55. The molecule has 3 fully saturated rings. The second-order valence-electron chi connectivity index (χ2n) is 9.62. The molecule has 184 valence electrons. The van der Waals surface area contributed by atoms with Crippen molar-refractivity contribution in [1.82, 2.24) is 15.0 Å². The maximum Gasteiger partial charge on any atom is 0.303 e. The van der Waals surface area contributed by atoms with Gasteiger partial charge in [0, 0.05) is 38.1 Å². The first-order valence-corrected chi connectivity index (χ1v) is 13.2. The van der Waals surface area contributed by atoms with Crippen molar-refractivity contribution in [3.05, 3.63) is 11.5 Å². The molecule has 2 amide bonds. The first-order chi connectivity index (χ1) is 15.6. The molecule has 0 aromatic carbocycles. The predicted octanol–water partition coefficient (Wildman–Crippen LogP) is 1.50. The first-order valence-electron chi connectivity index (χ1n) is 11.8. The van der Waals surface area contributed by atoms with Gasteiger partial charge in [0.05, 0.1) is 0 Å². The van der Waals surface area contributed by atoms with E-state index in [1.807, 2.05) is 4.90 Å². The van der Waals surface area contributed by atoms with E-state index >= 15 is 0 Å². The zero-order chi connectivity index (χ0) is 23.8. The fourth-order valence-corrected chi connectivity index (χ4v) is 7.16. The monoisotopic (exact) mass is 482 g/mol. The second-order valence-corrected chi connectivity index (χ2v) is 11.1. The Balaban J connectivity index is 1.37. The molecule has 1 saturated heterocycles. The van der Waals surface area contributed by atoms with E-state index in [9.17, 15) is 18.0 Å². The van der Waals surface area contributed by atoms with E-state index in [1.165, 1.54) is 39.5 Å². The normalized spacial score (nSPS) is 27.7. The van der Waals surface area contributed by atoms with Gasteiger partial charge in [-0.2, -0.15) is 8.42 Å². The number of carbonyl (C=O) groups is 2. The number of hydrogen-bond acceptors (Lipinski definition) is 8. The van der Waals surface area contributed by atoms with Crippen LogP contribution in [0.4, 0.5) is 0 Å². The van der Waals surface area contributed by atoms with Crippen LogP contribution in [-0.2, 0) is 23.9 Å². The summed E-state index contributed by atoms with van der Waals surface area (Å²) in [4.78, 5) is 29.7. The van der Waals surface area contributed by atoms with Crippen molar-refractivity contribution in [2.45, 2.75) is 81.8 Å². The minimum atomic E-state index is -4.31. The van der Waals surface area contributed by atoms with E-state index in [4.69, 9.17) is 14.4 Å². The van der Waals surface area contributed by atoms with Crippen LogP contribution in [-0.4, -0.2) is 73.0 Å². The molecule has 1 aliphatic heterocycles. The third-order valence-corrected chi connectivity index (χ3v) is 9.17. The van der Waals surface area contributed by atoms with E-state index in [0.29, 0.717) is 32.0 Å². The number of carbonyl (C=O) groups excluding carboxylic acids is 2. The maximum atomic E-state index is 13.1. The summed E-state index contributed by atoms with van der Waals surface area (Å²) in [6.07, 6.45) is 5.94. The lowest BCUT2D eigenvalue weighted by molar-refractivity contribution is -0.145. The van der Waals surface area contributed by atoms with Crippen LogP contribution < -0.4 is 5.73 Å². The van der Waals surface area contributed by atoms with Crippen LogP contribution in [0.2, 0.25) is 0 Å². The van der Waals surface area contributed by atoms with E-state index < -0.39 is 21.6 Å². The highest BCUT2D eigenvalue weighted by molar-refractivity contribution is 7.87. The number of aromatic nitrogens is 1. The Bertz CT molecular complexity index is 965. The van der Waals surface area contributed by atoms with Crippen molar-refractivity contribution >= 4 is 21.9 Å². The molecule has 2 aliphatic carbocycles. The quantitative estimate of drug-likeness (QED) is 0.603. The number of amides is 2. The Morgan fingerprint density at radius 3 is 2.18 bits per heavy atom. The summed E-state index contributed by atoms with van der Waals surface area (Å²) < 4.78 is 36.2. The number of nitrogens with zero attached hydrogens (tertiary/aromatic N) is 3. The Morgan fingerprint density at radius 1 is 1.06 bits per heavy atom. The number of hydrogen-bond donors (Lipinski definition) is 1. The summed E-state index contributed by atoms with van der Waals surface area (Å²) in [5, 5.41) is 3.66. The Labute approximate surface area is 194 Å². The van der Waals surface area contributed by atoms with Crippen LogP contribution in [0.3, 0.4) is 0 Å². The minimum absolute atomic E-state index is 0.0728. The molecule has 10 nitrogen and oxygen atoms in total. The van der Waals surface area contributed by atoms with Gasteiger partial charge in [-0.25, -0.2) is 4.18 Å². The predicted molar refractivity (Wildman–Crippen MR) is 119 cm³/mol. The topological polar surface area (TPSA) is 136 Å². The maximum absolute atomic E-state index is 13.1. The summed E-state index contributed by atoms with van der Waals surface area (Å²) in [6, 6.07) is 0.657. The molecule has 0 unspecified atom stereocenters. The second kappa shape index (κ2) is 9.34. The average Bonchev–Trinajstić information content (AvgIpc) is 3.43. The molecule has 11 heteroatoms. The lowest BCUT2D eigenvalue weighted by Crippen LogP contribution is -2.54. The standard InChI is InChI=1S/C22H34N4O6S/c1-15-19(16(2)31-24-15)33(29,30)32-22(21(23)28)9-7-17(8-10-22)20(27)26-13-11-25(12-14-26)18-5-3-4-6-18/h17-18H,3-14H2,1-2H3,(H2,23,28). The van der Waals surface area contributed by atoms with Crippen molar-refractivity contribution < 1.29 is 26.7 Å². The van der Waals surface area contributed by atoms with Gasteiger partial charge in [-0.05, 0) is 52.4 Å². The van der Waals surface area contributed by atoms with Gasteiger partial charge >= 0.3 is 10.1 Å². The lowest BCUT2D eigenvalue weighted by atomic mass is 9.78. The van der Waals surface area contributed by atoms with Crippen LogP contribution in [0.1, 0.15) is 62.8 Å². The molecule has 33 heavy (non-hydrogen) atoms. The first kappa shape index (κ1) is 24.2. The molecule has 3 aliphatic rings. The number of primary amides is 1. The summed E-state index contributed by atoms with van der Waals surface area (Å²) in [7, 11) is -4.31. The molecular formula is C22H34N4O6S. The number of nitrogens with two attached hydrogens (primary N) is 1. The summed E-state index contributed by atoms with van der Waals surface area (Å²) in [6.45, 7) is 6.18. The molecule has 0 spiro atoms. The molecule has 2 saturated carbocycles. The Kier molecular flexibility index (Phi) is 6.84. The Hall–Kier alpha value is -1.98. The minimum Gasteiger partial charge on any atom is -0.367 e.